The van der Waals surface area contributed by atoms with Gasteiger partial charge < -0.3 is 0 Å². The standard InChI is InChI=1S/C6H4ClFN2O2/c7-2-4-1-5(10(11)12)6(8)9-3-4/h1,3H,2H2. The Morgan fingerprint density at radius 3 is 2.92 bits per heavy atom. The van der Waals surface area contributed by atoms with Crippen LogP contribution in [0.15, 0.2) is 12.3 Å². The molecule has 0 atom stereocenters. The molecule has 0 spiro atoms. The van der Waals surface area contributed by atoms with E-state index in [2.05, 4.69) is 4.98 Å². The van der Waals surface area contributed by atoms with Gasteiger partial charge in [0, 0.05) is 18.1 Å². The lowest BCUT2D eigenvalue weighted by atomic mass is 10.3. The number of aromatic nitrogens is 1. The van der Waals surface area contributed by atoms with Crippen molar-refractivity contribution in [1.29, 1.82) is 0 Å². The number of nitro groups is 1. The molecule has 0 unspecified atom stereocenters. The van der Waals surface area contributed by atoms with Crippen molar-refractivity contribution in [3.63, 3.8) is 0 Å². The summed E-state index contributed by atoms with van der Waals surface area (Å²) in [4.78, 5) is 12.5. The molecule has 0 aromatic carbocycles. The number of nitrogens with zero attached hydrogens (tertiary/aromatic N) is 2. The third kappa shape index (κ3) is 1.68. The van der Waals surface area contributed by atoms with Gasteiger partial charge in [-0.05, 0) is 5.56 Å². The van der Waals surface area contributed by atoms with Crippen molar-refractivity contribution in [2.75, 3.05) is 0 Å². The molecule has 0 bridgehead atoms. The zero-order valence-corrected chi connectivity index (χ0v) is 6.58. The summed E-state index contributed by atoms with van der Waals surface area (Å²) in [5, 5.41) is 10.2. The zero-order valence-electron chi connectivity index (χ0n) is 5.83. The zero-order chi connectivity index (χ0) is 9.14. The summed E-state index contributed by atoms with van der Waals surface area (Å²) in [6, 6.07) is 1.06. The van der Waals surface area contributed by atoms with E-state index >= 15 is 0 Å². The summed E-state index contributed by atoms with van der Waals surface area (Å²) in [6.45, 7) is 0. The molecule has 0 fully saturated rings. The minimum absolute atomic E-state index is 0.0775. The molecule has 0 amide bonds. The van der Waals surface area contributed by atoms with Crippen molar-refractivity contribution in [3.05, 3.63) is 33.9 Å². The number of pyridine rings is 1. The van der Waals surface area contributed by atoms with Crippen LogP contribution >= 0.6 is 11.6 Å². The molecule has 1 aromatic heterocycles. The maximum atomic E-state index is 12.6. The van der Waals surface area contributed by atoms with Gasteiger partial charge >= 0.3 is 5.69 Å². The number of rotatable bonds is 2. The molecule has 0 saturated heterocycles. The Hall–Kier alpha value is -1.23. The minimum atomic E-state index is -1.09. The van der Waals surface area contributed by atoms with Gasteiger partial charge in [-0.3, -0.25) is 10.1 Å². The van der Waals surface area contributed by atoms with Crippen LogP contribution in [0.1, 0.15) is 5.56 Å². The second-order valence-corrected chi connectivity index (χ2v) is 2.31. The minimum Gasteiger partial charge on any atom is -0.258 e. The summed E-state index contributed by atoms with van der Waals surface area (Å²) in [7, 11) is 0. The van der Waals surface area contributed by atoms with Crippen LogP contribution in [0.4, 0.5) is 10.1 Å². The van der Waals surface area contributed by atoms with Crippen LogP contribution in [0.5, 0.6) is 0 Å². The van der Waals surface area contributed by atoms with Gasteiger partial charge in [-0.25, -0.2) is 4.98 Å². The molecule has 64 valence electrons. The lowest BCUT2D eigenvalue weighted by Crippen LogP contribution is -1.96. The summed E-state index contributed by atoms with van der Waals surface area (Å²) >= 11 is 5.37. The first kappa shape index (κ1) is 8.86. The molecule has 0 radical (unpaired) electrons. The van der Waals surface area contributed by atoms with Crippen LogP contribution in [0.25, 0.3) is 0 Å². The summed E-state index contributed by atoms with van der Waals surface area (Å²) in [5.41, 5.74) is -0.224. The first-order valence-corrected chi connectivity index (χ1v) is 3.53. The fraction of sp³-hybridized carbons (Fsp3) is 0.167. The normalized spacial score (nSPS) is 9.83. The Morgan fingerprint density at radius 1 is 1.75 bits per heavy atom. The van der Waals surface area contributed by atoms with E-state index in [-0.39, 0.29) is 5.88 Å². The lowest BCUT2D eigenvalue weighted by molar-refractivity contribution is -0.388. The molecule has 1 rings (SSSR count). The monoisotopic (exact) mass is 190 g/mol. The lowest BCUT2D eigenvalue weighted by Gasteiger charge is -1.95. The quantitative estimate of drug-likeness (QED) is 0.310. The van der Waals surface area contributed by atoms with Gasteiger partial charge in [-0.1, -0.05) is 0 Å². The van der Waals surface area contributed by atoms with Crippen LogP contribution in [-0.4, -0.2) is 9.91 Å². The van der Waals surface area contributed by atoms with Gasteiger partial charge in [0.25, 0.3) is 5.95 Å². The fourth-order valence-corrected chi connectivity index (χ4v) is 0.825. The molecule has 1 heterocycles. The average Bonchev–Trinajstić information content (AvgIpc) is 2.05. The van der Waals surface area contributed by atoms with Crippen molar-refractivity contribution in [3.8, 4) is 0 Å². The van der Waals surface area contributed by atoms with Gasteiger partial charge in [0.1, 0.15) is 0 Å². The largest absolute Gasteiger partial charge is 0.324 e. The van der Waals surface area contributed by atoms with Crippen LogP contribution in [0, 0.1) is 16.1 Å². The molecule has 0 aliphatic carbocycles. The summed E-state index contributed by atoms with van der Waals surface area (Å²) in [6.07, 6.45) is 1.16. The smallest absolute Gasteiger partial charge is 0.258 e. The molecule has 4 nitrogen and oxygen atoms in total. The maximum absolute atomic E-state index is 12.6. The van der Waals surface area contributed by atoms with Crippen molar-refractivity contribution < 1.29 is 9.31 Å². The van der Waals surface area contributed by atoms with E-state index in [1.54, 1.807) is 0 Å². The van der Waals surface area contributed by atoms with Crippen LogP contribution in [0.3, 0.4) is 0 Å². The highest BCUT2D eigenvalue weighted by Gasteiger charge is 2.15. The van der Waals surface area contributed by atoms with Crippen molar-refractivity contribution in [1.82, 2.24) is 4.98 Å². The Morgan fingerprint density at radius 2 is 2.42 bits per heavy atom. The summed E-state index contributed by atoms with van der Waals surface area (Å²) < 4.78 is 12.6. The molecular weight excluding hydrogens is 187 g/mol. The number of alkyl halides is 1. The third-order valence-electron chi connectivity index (χ3n) is 1.23. The van der Waals surface area contributed by atoms with Gasteiger partial charge in [0.2, 0.25) is 0 Å². The van der Waals surface area contributed by atoms with E-state index < -0.39 is 16.6 Å². The van der Waals surface area contributed by atoms with Crippen molar-refractivity contribution in [2.24, 2.45) is 0 Å². The SMILES string of the molecule is O=[N+]([O-])c1cc(CCl)cnc1F. The fourth-order valence-electron chi connectivity index (χ4n) is 0.679. The van der Waals surface area contributed by atoms with Crippen LogP contribution in [-0.2, 0) is 5.88 Å². The molecule has 0 aliphatic heterocycles. The molecule has 0 aliphatic rings. The van der Waals surface area contributed by atoms with E-state index in [1.807, 2.05) is 0 Å². The average molecular weight is 191 g/mol. The molecule has 0 N–H and O–H groups in total. The second-order valence-electron chi connectivity index (χ2n) is 2.04. The Labute approximate surface area is 72.1 Å². The number of halogens is 2. The Bertz CT molecular complexity index is 318. The Kier molecular flexibility index (Phi) is 2.54. The molecule has 0 saturated carbocycles. The summed E-state index contributed by atoms with van der Waals surface area (Å²) in [5.74, 6) is -1.01. The molecular formula is C6H4ClFN2O2. The second kappa shape index (κ2) is 3.44. The van der Waals surface area contributed by atoms with Crippen LogP contribution in [0.2, 0.25) is 0 Å². The van der Waals surface area contributed by atoms with Gasteiger partial charge in [0.05, 0.1) is 4.92 Å². The van der Waals surface area contributed by atoms with E-state index in [9.17, 15) is 14.5 Å². The first-order chi connectivity index (χ1) is 5.65. The van der Waals surface area contributed by atoms with Crippen molar-refractivity contribution in [2.45, 2.75) is 5.88 Å². The van der Waals surface area contributed by atoms with Crippen LogP contribution < -0.4 is 0 Å². The van der Waals surface area contributed by atoms with Gasteiger partial charge in [-0.2, -0.15) is 4.39 Å². The highest BCUT2D eigenvalue weighted by molar-refractivity contribution is 6.17. The highest BCUT2D eigenvalue weighted by Crippen LogP contribution is 2.16. The third-order valence-corrected chi connectivity index (χ3v) is 1.54. The maximum Gasteiger partial charge on any atom is 0.324 e. The highest BCUT2D eigenvalue weighted by atomic mass is 35.5. The topological polar surface area (TPSA) is 56.0 Å². The van der Waals surface area contributed by atoms with E-state index in [4.69, 9.17) is 11.6 Å². The Balaban J connectivity index is 3.17. The van der Waals surface area contributed by atoms with E-state index in [0.717, 1.165) is 12.3 Å². The predicted octanol–water partition coefficient (Wildman–Crippen LogP) is 1.87. The molecule has 12 heavy (non-hydrogen) atoms. The first-order valence-electron chi connectivity index (χ1n) is 3.00. The van der Waals surface area contributed by atoms with Crippen molar-refractivity contribution >= 4 is 17.3 Å². The number of hydrogen-bond acceptors (Lipinski definition) is 3. The number of hydrogen-bond donors (Lipinski definition) is 0. The van der Waals surface area contributed by atoms with Gasteiger partial charge in [-0.15, -0.1) is 11.6 Å². The molecule has 6 heteroatoms. The van der Waals surface area contributed by atoms with E-state index in [1.165, 1.54) is 0 Å². The molecule has 1 aromatic rings. The predicted molar refractivity (Wildman–Crippen MR) is 40.4 cm³/mol. The van der Waals surface area contributed by atoms with Gasteiger partial charge in [0.15, 0.2) is 0 Å². The van der Waals surface area contributed by atoms with E-state index in [0.29, 0.717) is 5.56 Å².